The first kappa shape index (κ1) is 23.7. The third-order valence-electron chi connectivity index (χ3n) is 6.36. The molecule has 1 aromatic carbocycles. The fourth-order valence-electron chi connectivity index (χ4n) is 4.68. The van der Waals surface area contributed by atoms with Crippen LogP contribution >= 0.6 is 0 Å². The minimum Gasteiger partial charge on any atom is -0.450 e. The molecular weight excluding hydrogens is 428 g/mol. The summed E-state index contributed by atoms with van der Waals surface area (Å²) in [4.78, 5) is 19.4. The minimum atomic E-state index is -0.232. The summed E-state index contributed by atoms with van der Waals surface area (Å²) < 4.78 is 6.16. The van der Waals surface area contributed by atoms with Crippen molar-refractivity contribution in [3.63, 3.8) is 0 Å². The second-order valence-electron chi connectivity index (χ2n) is 9.19. The average molecular weight is 461 g/mol. The molecule has 0 radical (unpaired) electrons. The lowest BCUT2D eigenvalue weighted by Gasteiger charge is -2.30. The number of pyridine rings is 1. The summed E-state index contributed by atoms with van der Waals surface area (Å²) >= 11 is 0. The summed E-state index contributed by atoms with van der Waals surface area (Å²) in [5.74, 6) is 0.685. The number of oxime groups is 1. The topological polar surface area (TPSA) is 91.0 Å². The van der Waals surface area contributed by atoms with Crippen LogP contribution in [0.4, 0.5) is 0 Å². The molecule has 0 unspecified atom stereocenters. The van der Waals surface area contributed by atoms with Crippen molar-refractivity contribution in [3.05, 3.63) is 65.7 Å². The highest BCUT2D eigenvalue weighted by Gasteiger charge is 2.23. The van der Waals surface area contributed by atoms with E-state index < -0.39 is 0 Å². The van der Waals surface area contributed by atoms with Gasteiger partial charge in [-0.15, -0.1) is 0 Å². The van der Waals surface area contributed by atoms with Crippen molar-refractivity contribution < 1.29 is 14.4 Å². The SMILES string of the molecule is CC(C)N(CCNC(=O)c1cc(-c2ccncc2)c(-c2ccc3c(c2)CCC3=NO)o1)C(C)C. The van der Waals surface area contributed by atoms with Crippen LogP contribution < -0.4 is 5.32 Å². The van der Waals surface area contributed by atoms with Crippen molar-refractivity contribution >= 4 is 11.6 Å². The van der Waals surface area contributed by atoms with Gasteiger partial charge in [0.25, 0.3) is 5.91 Å². The maximum absolute atomic E-state index is 13.0. The Labute approximate surface area is 200 Å². The van der Waals surface area contributed by atoms with Crippen LogP contribution in [0.1, 0.15) is 55.8 Å². The number of nitrogens with one attached hydrogen (secondary N) is 1. The normalized spacial score (nSPS) is 14.4. The predicted molar refractivity (Wildman–Crippen MR) is 133 cm³/mol. The first-order chi connectivity index (χ1) is 16.4. The smallest absolute Gasteiger partial charge is 0.287 e. The number of amides is 1. The Kier molecular flexibility index (Phi) is 7.12. The molecule has 7 nitrogen and oxygen atoms in total. The van der Waals surface area contributed by atoms with Gasteiger partial charge >= 0.3 is 0 Å². The highest BCUT2D eigenvalue weighted by Crippen LogP contribution is 2.37. The van der Waals surface area contributed by atoms with E-state index in [1.807, 2.05) is 24.3 Å². The fraction of sp³-hybridized carbons (Fsp3) is 0.370. The van der Waals surface area contributed by atoms with Gasteiger partial charge in [-0.05, 0) is 75.9 Å². The largest absolute Gasteiger partial charge is 0.450 e. The van der Waals surface area contributed by atoms with Crippen molar-refractivity contribution in [2.45, 2.75) is 52.6 Å². The summed E-state index contributed by atoms with van der Waals surface area (Å²) in [7, 11) is 0. The molecule has 0 saturated carbocycles. The van der Waals surface area contributed by atoms with E-state index in [-0.39, 0.29) is 11.7 Å². The van der Waals surface area contributed by atoms with E-state index in [2.05, 4.69) is 54.1 Å². The Morgan fingerprint density at radius 1 is 1.06 bits per heavy atom. The fourth-order valence-corrected chi connectivity index (χ4v) is 4.68. The molecule has 4 rings (SSSR count). The van der Waals surface area contributed by atoms with Crippen LogP contribution in [0, 0.1) is 0 Å². The van der Waals surface area contributed by atoms with Crippen LogP contribution in [0.3, 0.4) is 0 Å². The van der Waals surface area contributed by atoms with Crippen molar-refractivity contribution in [2.75, 3.05) is 13.1 Å². The van der Waals surface area contributed by atoms with Crippen molar-refractivity contribution in [2.24, 2.45) is 5.16 Å². The number of aryl methyl sites for hydroxylation is 1. The second-order valence-corrected chi connectivity index (χ2v) is 9.19. The molecule has 7 heteroatoms. The predicted octanol–water partition coefficient (Wildman–Crippen LogP) is 4.98. The molecule has 3 aromatic rings. The summed E-state index contributed by atoms with van der Waals surface area (Å²) in [5, 5.41) is 15.7. The Morgan fingerprint density at radius 2 is 1.79 bits per heavy atom. The molecule has 0 saturated heterocycles. The van der Waals surface area contributed by atoms with E-state index in [1.165, 1.54) is 0 Å². The van der Waals surface area contributed by atoms with Crippen molar-refractivity contribution in [1.29, 1.82) is 0 Å². The van der Waals surface area contributed by atoms with Crippen molar-refractivity contribution in [1.82, 2.24) is 15.2 Å². The standard InChI is InChI=1S/C27H32N4O3/c1-17(2)31(18(3)4)14-13-29-27(32)25-16-23(19-9-11-28-12-10-19)26(34-25)21-5-7-22-20(15-21)6-8-24(22)30-33/h5,7,9-12,15-18,33H,6,8,13-14H2,1-4H3,(H,29,32). The van der Waals surface area contributed by atoms with E-state index in [0.29, 0.717) is 36.5 Å². The highest BCUT2D eigenvalue weighted by molar-refractivity contribution is 6.04. The zero-order chi connectivity index (χ0) is 24.2. The number of carbonyl (C=O) groups is 1. The van der Waals surface area contributed by atoms with E-state index in [0.717, 1.165) is 40.8 Å². The maximum atomic E-state index is 13.0. The summed E-state index contributed by atoms with van der Waals surface area (Å²) in [6, 6.07) is 12.4. The molecule has 0 fully saturated rings. The first-order valence-electron chi connectivity index (χ1n) is 11.8. The summed E-state index contributed by atoms with van der Waals surface area (Å²) in [5.41, 5.74) is 5.42. The van der Waals surface area contributed by atoms with Gasteiger partial charge < -0.3 is 14.9 Å². The number of carbonyl (C=O) groups excluding carboxylic acids is 1. The number of fused-ring (bicyclic) bond motifs is 1. The second kappa shape index (κ2) is 10.2. The highest BCUT2D eigenvalue weighted by atomic mass is 16.4. The molecule has 1 aliphatic rings. The van der Waals surface area contributed by atoms with E-state index in [1.54, 1.807) is 18.5 Å². The third-order valence-corrected chi connectivity index (χ3v) is 6.36. The molecule has 2 aromatic heterocycles. The summed E-state index contributed by atoms with van der Waals surface area (Å²) in [6.45, 7) is 9.95. The summed E-state index contributed by atoms with van der Waals surface area (Å²) in [6.07, 6.45) is 4.97. The van der Waals surface area contributed by atoms with Gasteiger partial charge in [-0.1, -0.05) is 17.3 Å². The molecule has 0 atom stereocenters. The molecule has 178 valence electrons. The first-order valence-corrected chi connectivity index (χ1v) is 11.8. The Morgan fingerprint density at radius 3 is 2.47 bits per heavy atom. The minimum absolute atomic E-state index is 0.232. The molecular formula is C27H32N4O3. The van der Waals surface area contributed by atoms with Gasteiger partial charge in [-0.25, -0.2) is 0 Å². The van der Waals surface area contributed by atoms with Gasteiger partial charge in [0.05, 0.1) is 5.71 Å². The van der Waals surface area contributed by atoms with Crippen LogP contribution in [0.15, 0.2) is 58.4 Å². The van der Waals surface area contributed by atoms with Crippen LogP contribution in [-0.2, 0) is 6.42 Å². The monoisotopic (exact) mass is 460 g/mol. The van der Waals surface area contributed by atoms with E-state index >= 15 is 0 Å². The van der Waals surface area contributed by atoms with Gasteiger partial charge in [0.15, 0.2) is 5.76 Å². The molecule has 0 bridgehead atoms. The number of rotatable bonds is 8. The lowest BCUT2D eigenvalue weighted by atomic mass is 9.99. The zero-order valence-electron chi connectivity index (χ0n) is 20.2. The van der Waals surface area contributed by atoms with E-state index in [4.69, 9.17) is 4.42 Å². The zero-order valence-corrected chi connectivity index (χ0v) is 20.2. The van der Waals surface area contributed by atoms with Crippen LogP contribution in [0.25, 0.3) is 22.5 Å². The van der Waals surface area contributed by atoms with Crippen LogP contribution in [0.2, 0.25) is 0 Å². The Balaban J connectivity index is 1.62. The van der Waals surface area contributed by atoms with E-state index in [9.17, 15) is 10.0 Å². The number of furan rings is 1. The number of hydrogen-bond donors (Lipinski definition) is 2. The molecule has 34 heavy (non-hydrogen) atoms. The number of hydrogen-bond acceptors (Lipinski definition) is 6. The molecule has 2 heterocycles. The molecule has 0 spiro atoms. The lowest BCUT2D eigenvalue weighted by Crippen LogP contribution is -2.42. The van der Waals surface area contributed by atoms with Crippen LogP contribution in [0.5, 0.6) is 0 Å². The lowest BCUT2D eigenvalue weighted by molar-refractivity contribution is 0.0913. The molecule has 1 aliphatic carbocycles. The van der Waals surface area contributed by atoms with Gasteiger partial charge in [-0.2, -0.15) is 0 Å². The average Bonchev–Trinajstić information content (AvgIpc) is 3.46. The number of benzene rings is 1. The van der Waals surface area contributed by atoms with Crippen LogP contribution in [-0.4, -0.2) is 51.9 Å². The molecule has 0 aliphatic heterocycles. The molecule has 2 N–H and O–H groups in total. The van der Waals surface area contributed by atoms with Gasteiger partial charge in [0.1, 0.15) is 5.76 Å². The third kappa shape index (κ3) is 4.89. The number of aromatic nitrogens is 1. The molecule has 1 amide bonds. The number of nitrogens with zero attached hydrogens (tertiary/aromatic N) is 3. The quantitative estimate of drug-likeness (QED) is 0.365. The van der Waals surface area contributed by atoms with Gasteiger partial charge in [0, 0.05) is 54.3 Å². The Hall–Kier alpha value is -3.45. The van der Waals surface area contributed by atoms with Gasteiger partial charge in [-0.3, -0.25) is 14.7 Å². The maximum Gasteiger partial charge on any atom is 0.287 e. The van der Waals surface area contributed by atoms with Gasteiger partial charge in [0.2, 0.25) is 0 Å². The van der Waals surface area contributed by atoms with Crippen molar-refractivity contribution in [3.8, 4) is 22.5 Å². The Bertz CT molecular complexity index is 1170.